The minimum atomic E-state index is -0.238. The second kappa shape index (κ2) is 7.93. The Bertz CT molecular complexity index is 1170. The summed E-state index contributed by atoms with van der Waals surface area (Å²) in [4.78, 5) is 13.9. The predicted octanol–water partition coefficient (Wildman–Crippen LogP) is 4.71. The van der Waals surface area contributed by atoms with Crippen LogP contribution in [0.3, 0.4) is 0 Å². The number of nitrogens with one attached hydrogen (secondary N) is 1. The number of carbonyl (C=O) groups excluding carboxylic acids is 1. The Morgan fingerprint density at radius 2 is 1.66 bits per heavy atom. The lowest BCUT2D eigenvalue weighted by Crippen LogP contribution is -2.20. The molecular weight excluding hydrogens is 388 g/mol. The standard InChI is InChI=1S/C22H19ClN4O2/c1-14-3-9-18(10-4-14)29-13-22(28)24-19-12-21-20(11-15(19)2)25-27(26-21)17-7-5-16(23)6-8-17/h3-12H,13H2,1-2H3,(H,24,28). The lowest BCUT2D eigenvalue weighted by atomic mass is 10.1. The quantitative estimate of drug-likeness (QED) is 0.521. The minimum Gasteiger partial charge on any atom is -0.484 e. The second-order valence-corrected chi connectivity index (χ2v) is 7.21. The van der Waals surface area contributed by atoms with Gasteiger partial charge in [-0.1, -0.05) is 29.3 Å². The van der Waals surface area contributed by atoms with Crippen LogP contribution < -0.4 is 10.1 Å². The van der Waals surface area contributed by atoms with Crippen LogP contribution in [0.25, 0.3) is 16.7 Å². The van der Waals surface area contributed by atoms with Crippen LogP contribution in [0.2, 0.25) is 5.02 Å². The molecule has 7 heteroatoms. The molecule has 0 fully saturated rings. The number of hydrogen-bond donors (Lipinski definition) is 1. The van der Waals surface area contributed by atoms with E-state index < -0.39 is 0 Å². The second-order valence-electron chi connectivity index (χ2n) is 6.77. The van der Waals surface area contributed by atoms with Crippen LogP contribution >= 0.6 is 11.6 Å². The number of nitrogens with zero attached hydrogens (tertiary/aromatic N) is 3. The van der Waals surface area contributed by atoms with Crippen LogP contribution in [0.5, 0.6) is 5.75 Å². The molecule has 0 saturated carbocycles. The molecule has 1 heterocycles. The molecular formula is C22H19ClN4O2. The van der Waals surface area contributed by atoms with Gasteiger partial charge in [0.1, 0.15) is 16.8 Å². The number of aryl methyl sites for hydroxylation is 2. The Kier molecular flexibility index (Phi) is 5.18. The van der Waals surface area contributed by atoms with Gasteiger partial charge in [-0.15, -0.1) is 10.2 Å². The fourth-order valence-electron chi connectivity index (χ4n) is 2.86. The zero-order valence-electron chi connectivity index (χ0n) is 16.0. The molecule has 0 spiro atoms. The van der Waals surface area contributed by atoms with E-state index in [2.05, 4.69) is 15.5 Å². The normalized spacial score (nSPS) is 10.9. The van der Waals surface area contributed by atoms with E-state index in [9.17, 15) is 4.79 Å². The average Bonchev–Trinajstić information content (AvgIpc) is 3.11. The summed E-state index contributed by atoms with van der Waals surface area (Å²) in [5.41, 5.74) is 4.94. The highest BCUT2D eigenvalue weighted by molar-refractivity contribution is 6.30. The molecule has 0 aliphatic rings. The third-order valence-electron chi connectivity index (χ3n) is 4.45. The number of amides is 1. The number of aromatic nitrogens is 3. The molecule has 1 N–H and O–H groups in total. The van der Waals surface area contributed by atoms with E-state index in [-0.39, 0.29) is 12.5 Å². The molecule has 146 valence electrons. The van der Waals surface area contributed by atoms with E-state index in [4.69, 9.17) is 16.3 Å². The first-order valence-electron chi connectivity index (χ1n) is 9.11. The number of ether oxygens (including phenoxy) is 1. The van der Waals surface area contributed by atoms with Crippen LogP contribution in [0, 0.1) is 13.8 Å². The van der Waals surface area contributed by atoms with Gasteiger partial charge in [0, 0.05) is 10.7 Å². The van der Waals surface area contributed by atoms with Gasteiger partial charge < -0.3 is 10.1 Å². The Balaban J connectivity index is 1.49. The molecule has 0 saturated heterocycles. The lowest BCUT2D eigenvalue weighted by molar-refractivity contribution is -0.118. The molecule has 1 amide bonds. The predicted molar refractivity (Wildman–Crippen MR) is 114 cm³/mol. The van der Waals surface area contributed by atoms with Gasteiger partial charge in [0.2, 0.25) is 0 Å². The van der Waals surface area contributed by atoms with Crippen LogP contribution in [-0.4, -0.2) is 27.5 Å². The Hall–Kier alpha value is -3.38. The van der Waals surface area contributed by atoms with Crippen LogP contribution in [0.1, 0.15) is 11.1 Å². The van der Waals surface area contributed by atoms with Crippen molar-refractivity contribution in [2.75, 3.05) is 11.9 Å². The van der Waals surface area contributed by atoms with Crippen molar-refractivity contribution >= 4 is 34.2 Å². The van der Waals surface area contributed by atoms with E-state index in [0.717, 1.165) is 22.3 Å². The first kappa shape index (κ1) is 19.0. The largest absolute Gasteiger partial charge is 0.484 e. The lowest BCUT2D eigenvalue weighted by Gasteiger charge is -2.09. The monoisotopic (exact) mass is 406 g/mol. The topological polar surface area (TPSA) is 69.0 Å². The first-order chi connectivity index (χ1) is 14.0. The van der Waals surface area contributed by atoms with Crippen molar-refractivity contribution in [3.05, 3.63) is 76.8 Å². The smallest absolute Gasteiger partial charge is 0.262 e. The molecule has 0 atom stereocenters. The minimum absolute atomic E-state index is 0.0714. The van der Waals surface area contributed by atoms with Gasteiger partial charge in [-0.2, -0.15) is 4.80 Å². The van der Waals surface area contributed by atoms with Gasteiger partial charge in [-0.25, -0.2) is 0 Å². The number of fused-ring (bicyclic) bond motifs is 1. The number of anilines is 1. The van der Waals surface area contributed by atoms with E-state index in [1.807, 2.05) is 62.4 Å². The fraction of sp³-hybridized carbons (Fsp3) is 0.136. The van der Waals surface area contributed by atoms with E-state index >= 15 is 0 Å². The third kappa shape index (κ3) is 4.38. The van der Waals surface area contributed by atoms with Crippen molar-refractivity contribution in [2.45, 2.75) is 13.8 Å². The number of hydrogen-bond acceptors (Lipinski definition) is 4. The van der Waals surface area contributed by atoms with Gasteiger partial charge in [0.15, 0.2) is 6.61 Å². The van der Waals surface area contributed by atoms with Gasteiger partial charge in [0.05, 0.1) is 5.69 Å². The Morgan fingerprint density at radius 3 is 2.34 bits per heavy atom. The molecule has 0 radical (unpaired) electrons. The maximum absolute atomic E-state index is 12.3. The summed E-state index contributed by atoms with van der Waals surface area (Å²) in [6.07, 6.45) is 0. The van der Waals surface area contributed by atoms with E-state index in [1.54, 1.807) is 16.9 Å². The molecule has 29 heavy (non-hydrogen) atoms. The van der Waals surface area contributed by atoms with Gasteiger partial charge >= 0.3 is 0 Å². The molecule has 0 bridgehead atoms. The van der Waals surface area contributed by atoms with Crippen molar-refractivity contribution in [2.24, 2.45) is 0 Å². The number of halogens is 1. The maximum atomic E-state index is 12.3. The van der Waals surface area contributed by atoms with Crippen molar-refractivity contribution < 1.29 is 9.53 Å². The fourth-order valence-corrected chi connectivity index (χ4v) is 2.99. The first-order valence-corrected chi connectivity index (χ1v) is 9.49. The zero-order valence-corrected chi connectivity index (χ0v) is 16.8. The van der Waals surface area contributed by atoms with E-state index in [0.29, 0.717) is 22.0 Å². The molecule has 0 unspecified atom stereocenters. The molecule has 0 aliphatic heterocycles. The molecule has 1 aromatic heterocycles. The molecule has 6 nitrogen and oxygen atoms in total. The summed E-state index contributed by atoms with van der Waals surface area (Å²) >= 11 is 5.94. The maximum Gasteiger partial charge on any atom is 0.262 e. The van der Waals surface area contributed by atoms with Crippen LogP contribution in [0.15, 0.2) is 60.7 Å². The molecule has 0 aliphatic carbocycles. The molecule has 3 aromatic carbocycles. The Labute approximate surface area is 173 Å². The van der Waals surface area contributed by atoms with Crippen LogP contribution in [-0.2, 0) is 4.79 Å². The van der Waals surface area contributed by atoms with Crippen molar-refractivity contribution in [3.8, 4) is 11.4 Å². The highest BCUT2D eigenvalue weighted by atomic mass is 35.5. The average molecular weight is 407 g/mol. The third-order valence-corrected chi connectivity index (χ3v) is 4.70. The van der Waals surface area contributed by atoms with Crippen LogP contribution in [0.4, 0.5) is 5.69 Å². The van der Waals surface area contributed by atoms with Crippen molar-refractivity contribution in [1.82, 2.24) is 15.0 Å². The summed E-state index contributed by atoms with van der Waals surface area (Å²) in [6, 6.07) is 18.5. The molecule has 4 rings (SSSR count). The summed E-state index contributed by atoms with van der Waals surface area (Å²) in [5, 5.41) is 12.5. The van der Waals surface area contributed by atoms with Gasteiger partial charge in [0.25, 0.3) is 5.91 Å². The summed E-state index contributed by atoms with van der Waals surface area (Å²) < 4.78 is 5.54. The molecule has 4 aromatic rings. The van der Waals surface area contributed by atoms with Gasteiger partial charge in [-0.3, -0.25) is 4.79 Å². The zero-order chi connectivity index (χ0) is 20.4. The number of carbonyl (C=O) groups is 1. The number of benzene rings is 3. The highest BCUT2D eigenvalue weighted by Gasteiger charge is 2.11. The number of rotatable bonds is 5. The summed E-state index contributed by atoms with van der Waals surface area (Å²) in [5.74, 6) is 0.418. The van der Waals surface area contributed by atoms with Gasteiger partial charge in [-0.05, 0) is 67.9 Å². The van der Waals surface area contributed by atoms with E-state index in [1.165, 1.54) is 0 Å². The van der Waals surface area contributed by atoms with Crippen molar-refractivity contribution in [3.63, 3.8) is 0 Å². The highest BCUT2D eigenvalue weighted by Crippen LogP contribution is 2.22. The summed E-state index contributed by atoms with van der Waals surface area (Å²) in [7, 11) is 0. The summed E-state index contributed by atoms with van der Waals surface area (Å²) in [6.45, 7) is 3.84. The Morgan fingerprint density at radius 1 is 1.00 bits per heavy atom. The van der Waals surface area contributed by atoms with Crippen molar-refractivity contribution in [1.29, 1.82) is 0 Å². The SMILES string of the molecule is Cc1ccc(OCC(=O)Nc2cc3nn(-c4ccc(Cl)cc4)nc3cc2C)cc1.